The Bertz CT molecular complexity index is 452. The van der Waals surface area contributed by atoms with Crippen molar-refractivity contribution in [1.82, 2.24) is 5.32 Å². The van der Waals surface area contributed by atoms with E-state index in [1.807, 2.05) is 31.2 Å². The lowest BCUT2D eigenvalue weighted by Crippen LogP contribution is -2.49. The minimum atomic E-state index is -0.625. The summed E-state index contributed by atoms with van der Waals surface area (Å²) in [5, 5.41) is 2.39. The monoisotopic (exact) mass is 233 g/mol. The van der Waals surface area contributed by atoms with Crippen LogP contribution < -0.4 is 10.1 Å². The molecular weight excluding hydrogens is 218 g/mol. The summed E-state index contributed by atoms with van der Waals surface area (Å²) in [7, 11) is 1.60. The number of carbonyl (C=O) groups is 2. The van der Waals surface area contributed by atoms with Crippen LogP contribution in [-0.2, 0) is 15.0 Å². The van der Waals surface area contributed by atoms with Crippen LogP contribution in [0.3, 0.4) is 0 Å². The number of imide groups is 1. The summed E-state index contributed by atoms with van der Waals surface area (Å²) in [6.45, 7) is 1.86. The second-order valence-electron chi connectivity index (χ2n) is 4.44. The molecule has 0 bridgehead atoms. The highest BCUT2D eigenvalue weighted by Crippen LogP contribution is 2.32. The van der Waals surface area contributed by atoms with Crippen molar-refractivity contribution in [2.24, 2.45) is 0 Å². The zero-order valence-corrected chi connectivity index (χ0v) is 9.95. The van der Waals surface area contributed by atoms with E-state index in [4.69, 9.17) is 4.74 Å². The van der Waals surface area contributed by atoms with Crippen LogP contribution in [0.15, 0.2) is 24.3 Å². The van der Waals surface area contributed by atoms with Crippen LogP contribution in [0.2, 0.25) is 0 Å². The molecular formula is C13H15NO3. The first-order valence-electron chi connectivity index (χ1n) is 5.55. The lowest BCUT2D eigenvalue weighted by atomic mass is 9.75. The molecule has 1 N–H and O–H groups in total. The summed E-state index contributed by atoms with van der Waals surface area (Å²) >= 11 is 0. The van der Waals surface area contributed by atoms with E-state index in [9.17, 15) is 9.59 Å². The van der Waals surface area contributed by atoms with Crippen LogP contribution in [0.5, 0.6) is 5.75 Å². The van der Waals surface area contributed by atoms with E-state index in [1.165, 1.54) is 0 Å². The van der Waals surface area contributed by atoms with Crippen molar-refractivity contribution in [1.29, 1.82) is 0 Å². The Kier molecular flexibility index (Phi) is 2.88. The number of hydrogen-bond acceptors (Lipinski definition) is 3. The van der Waals surface area contributed by atoms with Gasteiger partial charge in [-0.2, -0.15) is 0 Å². The van der Waals surface area contributed by atoms with Gasteiger partial charge in [0.25, 0.3) is 0 Å². The van der Waals surface area contributed by atoms with Crippen molar-refractivity contribution in [3.8, 4) is 5.75 Å². The van der Waals surface area contributed by atoms with E-state index in [2.05, 4.69) is 5.32 Å². The van der Waals surface area contributed by atoms with E-state index < -0.39 is 5.41 Å². The van der Waals surface area contributed by atoms with Crippen molar-refractivity contribution in [2.75, 3.05) is 7.11 Å². The molecule has 1 aliphatic heterocycles. The second-order valence-corrected chi connectivity index (χ2v) is 4.44. The van der Waals surface area contributed by atoms with Gasteiger partial charge in [-0.1, -0.05) is 12.1 Å². The molecule has 2 amide bonds. The van der Waals surface area contributed by atoms with Crippen LogP contribution in [0.1, 0.15) is 25.3 Å². The lowest BCUT2D eigenvalue weighted by molar-refractivity contribution is -0.137. The van der Waals surface area contributed by atoms with Crippen LogP contribution in [-0.4, -0.2) is 18.9 Å². The molecule has 0 aromatic heterocycles. The van der Waals surface area contributed by atoms with Gasteiger partial charge in [0.2, 0.25) is 11.8 Å². The van der Waals surface area contributed by atoms with Gasteiger partial charge >= 0.3 is 0 Å². The molecule has 4 nitrogen and oxygen atoms in total. The Balaban J connectivity index is 2.30. The molecule has 1 atom stereocenters. The summed E-state index contributed by atoms with van der Waals surface area (Å²) in [4.78, 5) is 23.1. The van der Waals surface area contributed by atoms with Gasteiger partial charge in [-0.15, -0.1) is 0 Å². The minimum absolute atomic E-state index is 0.194. The predicted molar refractivity (Wildman–Crippen MR) is 62.7 cm³/mol. The van der Waals surface area contributed by atoms with Crippen molar-refractivity contribution in [3.05, 3.63) is 29.8 Å². The quantitative estimate of drug-likeness (QED) is 0.785. The molecule has 0 aliphatic carbocycles. The topological polar surface area (TPSA) is 55.4 Å². The van der Waals surface area contributed by atoms with E-state index in [-0.39, 0.29) is 11.8 Å². The van der Waals surface area contributed by atoms with Gasteiger partial charge < -0.3 is 4.74 Å². The fraction of sp³-hybridized carbons (Fsp3) is 0.385. The van der Waals surface area contributed by atoms with E-state index >= 15 is 0 Å². The van der Waals surface area contributed by atoms with Gasteiger partial charge in [0.15, 0.2) is 0 Å². The molecule has 1 aliphatic rings. The molecule has 1 heterocycles. The largest absolute Gasteiger partial charge is 0.497 e. The fourth-order valence-corrected chi connectivity index (χ4v) is 2.04. The average molecular weight is 233 g/mol. The van der Waals surface area contributed by atoms with Gasteiger partial charge in [-0.05, 0) is 31.0 Å². The zero-order chi connectivity index (χ0) is 12.5. The Morgan fingerprint density at radius 3 is 2.41 bits per heavy atom. The standard InChI is InChI=1S/C13H15NO3/c1-13(8-7-11(15)14-12(13)16)9-3-5-10(17-2)6-4-9/h3-6H,7-8H2,1-2H3,(H,14,15,16). The Hall–Kier alpha value is -1.84. The Morgan fingerprint density at radius 1 is 1.24 bits per heavy atom. The SMILES string of the molecule is COc1ccc(C2(C)CCC(=O)NC2=O)cc1. The van der Waals surface area contributed by atoms with E-state index in [0.29, 0.717) is 12.8 Å². The minimum Gasteiger partial charge on any atom is -0.497 e. The Labute approximate surface area is 100.0 Å². The number of carbonyl (C=O) groups excluding carboxylic acids is 2. The van der Waals surface area contributed by atoms with Crippen molar-refractivity contribution < 1.29 is 14.3 Å². The van der Waals surface area contributed by atoms with Gasteiger partial charge in [0.05, 0.1) is 12.5 Å². The maximum atomic E-state index is 11.9. The highest BCUT2D eigenvalue weighted by atomic mass is 16.5. The zero-order valence-electron chi connectivity index (χ0n) is 9.95. The van der Waals surface area contributed by atoms with Gasteiger partial charge in [-0.25, -0.2) is 0 Å². The normalized spacial score (nSPS) is 24.4. The molecule has 0 radical (unpaired) electrons. The average Bonchev–Trinajstić information content (AvgIpc) is 2.34. The first-order valence-corrected chi connectivity index (χ1v) is 5.55. The molecule has 1 unspecified atom stereocenters. The highest BCUT2D eigenvalue weighted by molar-refractivity contribution is 6.03. The van der Waals surface area contributed by atoms with Crippen LogP contribution >= 0.6 is 0 Å². The number of rotatable bonds is 2. The maximum Gasteiger partial charge on any atom is 0.236 e. The van der Waals surface area contributed by atoms with Crippen molar-refractivity contribution >= 4 is 11.8 Å². The number of benzene rings is 1. The summed E-state index contributed by atoms with van der Waals surface area (Å²) in [5.74, 6) is 0.338. The number of methoxy groups -OCH3 is 1. The number of nitrogens with one attached hydrogen (secondary N) is 1. The molecule has 1 aromatic carbocycles. The van der Waals surface area contributed by atoms with Crippen LogP contribution in [0.25, 0.3) is 0 Å². The molecule has 1 saturated heterocycles. The lowest BCUT2D eigenvalue weighted by Gasteiger charge is -2.32. The molecule has 4 heteroatoms. The third-order valence-corrected chi connectivity index (χ3v) is 3.33. The molecule has 0 spiro atoms. The predicted octanol–water partition coefficient (Wildman–Crippen LogP) is 1.39. The summed E-state index contributed by atoms with van der Waals surface area (Å²) < 4.78 is 5.08. The van der Waals surface area contributed by atoms with E-state index in [0.717, 1.165) is 11.3 Å². The van der Waals surface area contributed by atoms with E-state index in [1.54, 1.807) is 7.11 Å². The number of ether oxygens (including phenoxy) is 1. The molecule has 1 aromatic rings. The molecule has 1 fully saturated rings. The third-order valence-electron chi connectivity index (χ3n) is 3.33. The first-order chi connectivity index (χ1) is 8.06. The van der Waals surface area contributed by atoms with Gasteiger partial charge in [0.1, 0.15) is 5.75 Å². The molecule has 90 valence electrons. The summed E-state index contributed by atoms with van der Waals surface area (Å²) in [6.07, 6.45) is 0.929. The number of amides is 2. The summed E-state index contributed by atoms with van der Waals surface area (Å²) in [5.41, 5.74) is 0.281. The van der Waals surface area contributed by atoms with Crippen LogP contribution in [0.4, 0.5) is 0 Å². The highest BCUT2D eigenvalue weighted by Gasteiger charge is 2.39. The van der Waals surface area contributed by atoms with Gasteiger partial charge in [0, 0.05) is 6.42 Å². The van der Waals surface area contributed by atoms with Crippen molar-refractivity contribution in [2.45, 2.75) is 25.2 Å². The number of hydrogen-bond donors (Lipinski definition) is 1. The molecule has 2 rings (SSSR count). The molecule has 17 heavy (non-hydrogen) atoms. The van der Waals surface area contributed by atoms with Gasteiger partial charge in [-0.3, -0.25) is 14.9 Å². The first kappa shape index (κ1) is 11.6. The third kappa shape index (κ3) is 2.02. The van der Waals surface area contributed by atoms with Crippen LogP contribution in [0, 0.1) is 0 Å². The smallest absolute Gasteiger partial charge is 0.236 e. The fourth-order valence-electron chi connectivity index (χ4n) is 2.04. The maximum absolute atomic E-state index is 11.9. The second kappa shape index (κ2) is 4.20. The number of piperidine rings is 1. The summed E-state index contributed by atoms with van der Waals surface area (Å²) in [6, 6.07) is 7.39. The molecule has 0 saturated carbocycles. The Morgan fingerprint density at radius 2 is 1.88 bits per heavy atom. The van der Waals surface area contributed by atoms with Crippen molar-refractivity contribution in [3.63, 3.8) is 0 Å².